The molecule has 0 unspecified atom stereocenters. The first-order valence-corrected chi connectivity index (χ1v) is 13.3. The molecule has 0 aromatic carbocycles. The smallest absolute Gasteiger partial charge is 0.158 e. The van der Waals surface area contributed by atoms with Gasteiger partial charge in [0.05, 0.1) is 28.6 Å². The molecule has 0 aliphatic heterocycles. The topological polar surface area (TPSA) is 104 Å². The Balaban J connectivity index is 1.29. The van der Waals surface area contributed by atoms with Gasteiger partial charge in [-0.25, -0.2) is 9.50 Å². The molecule has 1 aliphatic rings. The van der Waals surface area contributed by atoms with Crippen LogP contribution in [0.15, 0.2) is 30.9 Å². The van der Waals surface area contributed by atoms with Crippen LogP contribution in [-0.2, 0) is 6.54 Å². The van der Waals surface area contributed by atoms with E-state index in [0.29, 0.717) is 17.9 Å². The molecular weight excluding hydrogens is 462 g/mol. The molecule has 1 saturated carbocycles. The van der Waals surface area contributed by atoms with Crippen molar-refractivity contribution in [1.82, 2.24) is 44.9 Å². The molecule has 1 fully saturated rings. The molecule has 9 heteroatoms. The molecule has 0 radical (unpaired) electrons. The molecule has 5 aromatic heterocycles. The average molecular weight is 498 g/mol. The standard InChI is InChI=1S/C28H35N9/c1-16(2)25-26(22-14-37-28(29-15-31-37)18(4)17(22)3)33-24-11-10-23(32-27(24)25)19-6-8-21(9-7-19)36(5)13-20-12-30-35-34-20/h10-12,14-16,19,21,33H,6-9,13H2,1-5H3,(H,30,34,35). The average Bonchev–Trinajstić information content (AvgIpc) is 3.65. The lowest BCUT2D eigenvalue weighted by atomic mass is 9.83. The summed E-state index contributed by atoms with van der Waals surface area (Å²) < 4.78 is 1.88. The lowest BCUT2D eigenvalue weighted by Gasteiger charge is -2.34. The number of fused-ring (bicyclic) bond motifs is 2. The van der Waals surface area contributed by atoms with Gasteiger partial charge >= 0.3 is 0 Å². The molecule has 192 valence electrons. The molecule has 9 nitrogen and oxygen atoms in total. The first kappa shape index (κ1) is 23.8. The minimum Gasteiger partial charge on any atom is -0.353 e. The number of aryl methyl sites for hydroxylation is 1. The maximum Gasteiger partial charge on any atom is 0.158 e. The first-order valence-electron chi connectivity index (χ1n) is 13.3. The third-order valence-corrected chi connectivity index (χ3v) is 8.29. The van der Waals surface area contributed by atoms with Gasteiger partial charge in [0.15, 0.2) is 5.65 Å². The van der Waals surface area contributed by atoms with Crippen molar-refractivity contribution < 1.29 is 0 Å². The Kier molecular flexibility index (Phi) is 6.03. The van der Waals surface area contributed by atoms with Gasteiger partial charge in [-0.05, 0) is 75.8 Å². The van der Waals surface area contributed by atoms with E-state index in [9.17, 15) is 0 Å². The van der Waals surface area contributed by atoms with Gasteiger partial charge in [0.1, 0.15) is 6.33 Å². The van der Waals surface area contributed by atoms with Crippen LogP contribution < -0.4 is 0 Å². The second kappa shape index (κ2) is 9.37. The summed E-state index contributed by atoms with van der Waals surface area (Å²) in [6.45, 7) is 9.64. The van der Waals surface area contributed by atoms with E-state index < -0.39 is 0 Å². The minimum atomic E-state index is 0.332. The van der Waals surface area contributed by atoms with Gasteiger partial charge in [0, 0.05) is 41.5 Å². The van der Waals surface area contributed by atoms with Crippen LogP contribution in [0.1, 0.15) is 79.4 Å². The van der Waals surface area contributed by atoms with E-state index in [1.165, 1.54) is 29.7 Å². The summed E-state index contributed by atoms with van der Waals surface area (Å²) in [5.74, 6) is 0.827. The highest BCUT2D eigenvalue weighted by atomic mass is 15.3. The zero-order valence-corrected chi connectivity index (χ0v) is 22.3. The Labute approximate surface area is 216 Å². The summed E-state index contributed by atoms with van der Waals surface area (Å²) in [5.41, 5.74) is 11.3. The van der Waals surface area contributed by atoms with Crippen LogP contribution >= 0.6 is 0 Å². The second-order valence-electron chi connectivity index (χ2n) is 10.9. The number of hydrogen-bond acceptors (Lipinski definition) is 6. The van der Waals surface area contributed by atoms with Crippen molar-refractivity contribution in [1.29, 1.82) is 0 Å². The summed E-state index contributed by atoms with van der Waals surface area (Å²) in [4.78, 5) is 15.9. The molecule has 6 rings (SSSR count). The number of rotatable bonds is 6. The number of nitrogens with zero attached hydrogens (tertiary/aromatic N) is 7. The van der Waals surface area contributed by atoms with Crippen LogP contribution in [0.5, 0.6) is 0 Å². The van der Waals surface area contributed by atoms with Crippen molar-refractivity contribution in [3.8, 4) is 11.3 Å². The fraction of sp³-hybridized carbons (Fsp3) is 0.464. The van der Waals surface area contributed by atoms with Crippen molar-refractivity contribution in [2.24, 2.45) is 0 Å². The number of aromatic nitrogens is 8. The van der Waals surface area contributed by atoms with E-state index in [0.717, 1.165) is 58.6 Å². The first-order chi connectivity index (χ1) is 17.9. The van der Waals surface area contributed by atoms with Gasteiger partial charge in [0.2, 0.25) is 0 Å². The Morgan fingerprint density at radius 3 is 2.65 bits per heavy atom. The zero-order valence-electron chi connectivity index (χ0n) is 22.3. The van der Waals surface area contributed by atoms with Crippen LogP contribution in [0.2, 0.25) is 0 Å². The van der Waals surface area contributed by atoms with Crippen molar-refractivity contribution in [3.63, 3.8) is 0 Å². The highest BCUT2D eigenvalue weighted by Gasteiger charge is 2.27. The van der Waals surface area contributed by atoms with E-state index in [2.05, 4.69) is 88.4 Å². The largest absolute Gasteiger partial charge is 0.353 e. The number of aromatic amines is 2. The van der Waals surface area contributed by atoms with Gasteiger partial charge < -0.3 is 4.98 Å². The summed E-state index contributed by atoms with van der Waals surface area (Å²) >= 11 is 0. The molecule has 5 aromatic rings. The van der Waals surface area contributed by atoms with E-state index in [1.54, 1.807) is 6.33 Å². The highest BCUT2D eigenvalue weighted by Crippen LogP contribution is 2.39. The predicted octanol–water partition coefficient (Wildman–Crippen LogP) is 5.29. The Morgan fingerprint density at radius 1 is 1.11 bits per heavy atom. The number of hydrogen-bond donors (Lipinski definition) is 2. The van der Waals surface area contributed by atoms with Gasteiger partial charge in [-0.15, -0.1) is 0 Å². The van der Waals surface area contributed by atoms with Crippen molar-refractivity contribution in [2.45, 2.75) is 77.8 Å². The Bertz CT molecular complexity index is 1540. The third kappa shape index (κ3) is 4.21. The van der Waals surface area contributed by atoms with Gasteiger partial charge in [-0.3, -0.25) is 9.88 Å². The normalized spacial score (nSPS) is 18.6. The van der Waals surface area contributed by atoms with Crippen molar-refractivity contribution in [2.75, 3.05) is 7.05 Å². The minimum absolute atomic E-state index is 0.332. The Hall–Kier alpha value is -3.59. The van der Waals surface area contributed by atoms with Crippen LogP contribution in [-0.4, -0.2) is 58.0 Å². The van der Waals surface area contributed by atoms with Crippen LogP contribution in [0.3, 0.4) is 0 Å². The molecule has 0 atom stereocenters. The quantitative estimate of drug-likeness (QED) is 0.330. The SMILES string of the molecule is Cc1c(-c2[nH]c3ccc(C4CCC(N(C)Cc5cn[nH]n5)CC4)nc3c2C(C)C)cn2ncnc2c1C. The maximum atomic E-state index is 5.30. The maximum absolute atomic E-state index is 5.30. The fourth-order valence-corrected chi connectivity index (χ4v) is 6.06. The summed E-state index contributed by atoms with van der Waals surface area (Å²) in [6.07, 6.45) is 10.2. The lowest BCUT2D eigenvalue weighted by molar-refractivity contribution is 0.173. The molecule has 0 spiro atoms. The van der Waals surface area contributed by atoms with Crippen LogP contribution in [0.4, 0.5) is 0 Å². The summed E-state index contributed by atoms with van der Waals surface area (Å²) in [5, 5.41) is 15.3. The van der Waals surface area contributed by atoms with Crippen molar-refractivity contribution in [3.05, 3.63) is 58.9 Å². The molecule has 0 bridgehead atoms. The predicted molar refractivity (Wildman–Crippen MR) is 144 cm³/mol. The van der Waals surface area contributed by atoms with Crippen LogP contribution in [0, 0.1) is 13.8 Å². The van der Waals surface area contributed by atoms with E-state index >= 15 is 0 Å². The lowest BCUT2D eigenvalue weighted by Crippen LogP contribution is -2.34. The Morgan fingerprint density at radius 2 is 1.92 bits per heavy atom. The molecule has 1 aliphatic carbocycles. The molecule has 5 heterocycles. The van der Waals surface area contributed by atoms with Gasteiger partial charge in [-0.1, -0.05) is 13.8 Å². The van der Waals surface area contributed by atoms with E-state index in [1.807, 2.05) is 10.7 Å². The number of pyridine rings is 2. The zero-order chi connectivity index (χ0) is 25.7. The number of nitrogens with one attached hydrogen (secondary N) is 2. The molecule has 37 heavy (non-hydrogen) atoms. The van der Waals surface area contributed by atoms with E-state index in [-0.39, 0.29) is 0 Å². The monoisotopic (exact) mass is 497 g/mol. The van der Waals surface area contributed by atoms with E-state index in [4.69, 9.17) is 4.98 Å². The van der Waals surface area contributed by atoms with Gasteiger partial charge in [0.25, 0.3) is 0 Å². The fourth-order valence-electron chi connectivity index (χ4n) is 6.06. The number of H-pyrrole nitrogens is 2. The molecule has 2 N–H and O–H groups in total. The van der Waals surface area contributed by atoms with Gasteiger partial charge in [-0.2, -0.15) is 20.5 Å². The summed E-state index contributed by atoms with van der Waals surface area (Å²) in [6, 6.07) is 5.03. The molecule has 0 amide bonds. The van der Waals surface area contributed by atoms with Crippen molar-refractivity contribution >= 4 is 16.7 Å². The highest BCUT2D eigenvalue weighted by molar-refractivity contribution is 5.89. The third-order valence-electron chi connectivity index (χ3n) is 8.29. The second-order valence-corrected chi connectivity index (χ2v) is 10.9. The molecular formula is C28H35N9. The van der Waals surface area contributed by atoms with Crippen LogP contribution in [0.25, 0.3) is 27.9 Å². The molecule has 0 saturated heterocycles. The summed E-state index contributed by atoms with van der Waals surface area (Å²) in [7, 11) is 2.20.